The fourth-order valence-electron chi connectivity index (χ4n) is 8.00. The van der Waals surface area contributed by atoms with Crippen LogP contribution in [0.2, 0.25) is 0 Å². The Morgan fingerprint density at radius 2 is 1.14 bits per heavy atom. The summed E-state index contributed by atoms with van der Waals surface area (Å²) >= 11 is 0. The SMILES string of the molecule is C1=C(c2ccccc2)NC(c2ccc(-c3ccc4c(c3)C3(c5ccccc5O4)c4ccccc4-c4ccccc43)nc2)N=C1c1ccccc1. The molecule has 0 saturated carbocycles. The van der Waals surface area contributed by atoms with Gasteiger partial charge in [0.1, 0.15) is 17.7 Å². The second-order valence-corrected chi connectivity index (χ2v) is 13.0. The molecule has 3 heterocycles. The van der Waals surface area contributed by atoms with Crippen molar-refractivity contribution < 1.29 is 4.74 Å². The van der Waals surface area contributed by atoms with Gasteiger partial charge < -0.3 is 10.1 Å². The molecule has 4 nitrogen and oxygen atoms in total. The van der Waals surface area contributed by atoms with Gasteiger partial charge in [-0.3, -0.25) is 9.98 Å². The highest BCUT2D eigenvalue weighted by Crippen LogP contribution is 2.62. The second-order valence-electron chi connectivity index (χ2n) is 13.0. The predicted octanol–water partition coefficient (Wildman–Crippen LogP) is 10.3. The molecular formula is C46H31N3O. The van der Waals surface area contributed by atoms with Gasteiger partial charge in [-0.2, -0.15) is 0 Å². The van der Waals surface area contributed by atoms with E-state index in [1.165, 1.54) is 22.3 Å². The molecule has 1 atom stereocenters. The molecule has 0 bridgehead atoms. The van der Waals surface area contributed by atoms with Gasteiger partial charge in [0, 0.05) is 34.1 Å². The lowest BCUT2D eigenvalue weighted by Crippen LogP contribution is -2.32. The Hall–Kier alpha value is -6.52. The van der Waals surface area contributed by atoms with Crippen LogP contribution in [0.4, 0.5) is 0 Å². The Morgan fingerprint density at radius 3 is 1.84 bits per heavy atom. The van der Waals surface area contributed by atoms with Crippen LogP contribution < -0.4 is 10.1 Å². The summed E-state index contributed by atoms with van der Waals surface area (Å²) in [5.74, 6) is 1.76. The number of aromatic nitrogens is 1. The first kappa shape index (κ1) is 28.5. The lowest BCUT2D eigenvalue weighted by molar-refractivity contribution is 0.436. The monoisotopic (exact) mass is 641 g/mol. The Labute approximate surface area is 291 Å². The molecule has 0 saturated heterocycles. The zero-order valence-corrected chi connectivity index (χ0v) is 27.1. The molecule has 0 radical (unpaired) electrons. The van der Waals surface area contributed by atoms with Gasteiger partial charge in [0.25, 0.3) is 0 Å². The zero-order chi connectivity index (χ0) is 33.1. The minimum absolute atomic E-state index is 0.282. The average molecular weight is 642 g/mol. The van der Waals surface area contributed by atoms with Gasteiger partial charge in [0.2, 0.25) is 0 Å². The number of hydrogen-bond donors (Lipinski definition) is 1. The van der Waals surface area contributed by atoms with Crippen LogP contribution in [-0.2, 0) is 5.41 Å². The van der Waals surface area contributed by atoms with E-state index in [0.717, 1.165) is 62.0 Å². The summed E-state index contributed by atoms with van der Waals surface area (Å²) in [5, 5.41) is 3.66. The molecule has 7 aromatic rings. The minimum atomic E-state index is -0.512. The molecule has 1 aromatic heterocycles. The highest BCUT2D eigenvalue weighted by atomic mass is 16.5. The van der Waals surface area contributed by atoms with Gasteiger partial charge in [0.05, 0.1) is 16.8 Å². The lowest BCUT2D eigenvalue weighted by atomic mass is 9.66. The molecule has 3 aliphatic rings. The molecule has 1 aliphatic carbocycles. The molecule has 10 rings (SSSR count). The number of fused-ring (bicyclic) bond motifs is 9. The highest BCUT2D eigenvalue weighted by Gasteiger charge is 2.51. The number of aliphatic imine (C=N–C) groups is 1. The smallest absolute Gasteiger partial charge is 0.146 e. The quantitative estimate of drug-likeness (QED) is 0.208. The maximum Gasteiger partial charge on any atom is 0.146 e. The molecule has 50 heavy (non-hydrogen) atoms. The van der Waals surface area contributed by atoms with Crippen molar-refractivity contribution in [1.82, 2.24) is 10.3 Å². The summed E-state index contributed by atoms with van der Waals surface area (Å²) in [6.45, 7) is 0. The van der Waals surface area contributed by atoms with E-state index in [2.05, 4.69) is 163 Å². The molecule has 1 spiro atoms. The van der Waals surface area contributed by atoms with E-state index in [1.54, 1.807) is 0 Å². The van der Waals surface area contributed by atoms with Crippen LogP contribution in [0.25, 0.3) is 28.1 Å². The second kappa shape index (κ2) is 11.3. The van der Waals surface area contributed by atoms with Gasteiger partial charge in [-0.05, 0) is 69.8 Å². The number of rotatable bonds is 4. The van der Waals surface area contributed by atoms with Crippen LogP contribution in [-0.4, -0.2) is 10.7 Å². The van der Waals surface area contributed by atoms with Crippen LogP contribution >= 0.6 is 0 Å². The molecule has 1 N–H and O–H groups in total. The van der Waals surface area contributed by atoms with E-state index in [0.29, 0.717) is 0 Å². The molecule has 0 fully saturated rings. The molecule has 1 unspecified atom stereocenters. The Bertz CT molecular complexity index is 2440. The normalized spacial score (nSPS) is 16.1. The number of benzene rings is 6. The number of nitrogens with one attached hydrogen (secondary N) is 1. The fraction of sp³-hybridized carbons (Fsp3) is 0.0435. The largest absolute Gasteiger partial charge is 0.457 e. The van der Waals surface area contributed by atoms with Gasteiger partial charge in [-0.25, -0.2) is 0 Å². The Morgan fingerprint density at radius 1 is 0.520 bits per heavy atom. The maximum absolute atomic E-state index is 6.63. The number of pyridine rings is 1. The summed E-state index contributed by atoms with van der Waals surface area (Å²) < 4.78 is 6.63. The summed E-state index contributed by atoms with van der Waals surface area (Å²) in [6, 6.07) is 57.6. The topological polar surface area (TPSA) is 46.5 Å². The van der Waals surface area contributed by atoms with Crippen molar-refractivity contribution in [3.8, 4) is 33.9 Å². The van der Waals surface area contributed by atoms with Gasteiger partial charge in [0.15, 0.2) is 0 Å². The highest BCUT2D eigenvalue weighted by molar-refractivity contribution is 6.13. The van der Waals surface area contributed by atoms with E-state index < -0.39 is 5.41 Å². The van der Waals surface area contributed by atoms with Crippen molar-refractivity contribution in [2.24, 2.45) is 4.99 Å². The number of ether oxygens (including phenoxy) is 1. The van der Waals surface area contributed by atoms with Crippen LogP contribution in [0, 0.1) is 0 Å². The molecule has 236 valence electrons. The number of hydrogen-bond acceptors (Lipinski definition) is 4. The molecule has 4 heteroatoms. The standard InChI is InChI=1S/C46H31N3O/c1-3-13-30(14-4-1)41-28-42(31-15-5-2-6-16-31)49-45(48-41)33-23-25-40(47-29-33)32-24-26-44-39(27-32)46(38-21-11-12-22-43(38)50-44)36-19-9-7-17-34(36)35-18-8-10-20-37(35)46/h1-29,45,48H. The third kappa shape index (κ3) is 4.32. The van der Waals surface area contributed by atoms with Gasteiger partial charge >= 0.3 is 0 Å². The van der Waals surface area contributed by atoms with E-state index >= 15 is 0 Å². The number of para-hydroxylation sites is 1. The fourth-order valence-corrected chi connectivity index (χ4v) is 8.00. The van der Waals surface area contributed by atoms with E-state index in [4.69, 9.17) is 14.7 Å². The lowest BCUT2D eigenvalue weighted by Gasteiger charge is -2.39. The molecular weight excluding hydrogens is 611 g/mol. The minimum Gasteiger partial charge on any atom is -0.457 e. The molecule has 6 aromatic carbocycles. The first-order chi connectivity index (χ1) is 24.8. The first-order valence-corrected chi connectivity index (χ1v) is 17.0. The van der Waals surface area contributed by atoms with Crippen LogP contribution in [0.1, 0.15) is 45.1 Å². The summed E-state index contributed by atoms with van der Waals surface area (Å²) in [7, 11) is 0. The third-order valence-corrected chi connectivity index (χ3v) is 10.2. The molecule has 0 amide bonds. The number of nitrogens with zero attached hydrogens (tertiary/aromatic N) is 2. The number of allylic oxidation sites excluding steroid dienone is 1. The van der Waals surface area contributed by atoms with Gasteiger partial charge in [-0.1, -0.05) is 133 Å². The third-order valence-electron chi connectivity index (χ3n) is 10.2. The van der Waals surface area contributed by atoms with Crippen molar-refractivity contribution in [1.29, 1.82) is 0 Å². The van der Waals surface area contributed by atoms with Crippen molar-refractivity contribution >= 4 is 11.4 Å². The van der Waals surface area contributed by atoms with Crippen LogP contribution in [0.3, 0.4) is 0 Å². The Balaban J connectivity index is 1.07. The molecule has 2 aliphatic heterocycles. The zero-order valence-electron chi connectivity index (χ0n) is 27.1. The van der Waals surface area contributed by atoms with E-state index in [9.17, 15) is 0 Å². The van der Waals surface area contributed by atoms with E-state index in [-0.39, 0.29) is 6.17 Å². The van der Waals surface area contributed by atoms with Crippen LogP contribution in [0.15, 0.2) is 181 Å². The van der Waals surface area contributed by atoms with E-state index in [1.807, 2.05) is 18.3 Å². The summed E-state index contributed by atoms with van der Waals surface area (Å²) in [5.41, 5.74) is 13.9. The average Bonchev–Trinajstić information content (AvgIpc) is 3.49. The van der Waals surface area contributed by atoms with Crippen molar-refractivity contribution in [2.45, 2.75) is 11.6 Å². The summed E-state index contributed by atoms with van der Waals surface area (Å²) in [4.78, 5) is 10.2. The van der Waals surface area contributed by atoms with Gasteiger partial charge in [-0.15, -0.1) is 0 Å². The maximum atomic E-state index is 6.63. The van der Waals surface area contributed by atoms with Crippen molar-refractivity contribution in [3.05, 3.63) is 215 Å². The summed E-state index contributed by atoms with van der Waals surface area (Å²) in [6.07, 6.45) is 3.80. The van der Waals surface area contributed by atoms with Crippen molar-refractivity contribution in [3.63, 3.8) is 0 Å². The first-order valence-electron chi connectivity index (χ1n) is 17.0. The Kier molecular flexibility index (Phi) is 6.43. The predicted molar refractivity (Wildman–Crippen MR) is 200 cm³/mol. The van der Waals surface area contributed by atoms with Crippen LogP contribution in [0.5, 0.6) is 11.5 Å². The van der Waals surface area contributed by atoms with Crippen molar-refractivity contribution in [2.75, 3.05) is 0 Å².